The minimum atomic E-state index is -0.430. The molecule has 3 N–H and O–H groups in total. The molecule has 0 saturated carbocycles. The fourth-order valence-corrected chi connectivity index (χ4v) is 3.00. The summed E-state index contributed by atoms with van der Waals surface area (Å²) in [6.07, 6.45) is 1.19. The van der Waals surface area contributed by atoms with E-state index in [-0.39, 0.29) is 24.0 Å². The Labute approximate surface area is 182 Å². The normalized spacial score (nSPS) is 11.7. The molecule has 1 atom stereocenters. The van der Waals surface area contributed by atoms with Crippen LogP contribution in [0, 0.1) is 6.92 Å². The van der Waals surface area contributed by atoms with Gasteiger partial charge in [0.1, 0.15) is 29.2 Å². The molecule has 32 heavy (non-hydrogen) atoms. The Kier molecular flexibility index (Phi) is 5.97. The van der Waals surface area contributed by atoms with Gasteiger partial charge in [-0.2, -0.15) is 5.21 Å². The van der Waals surface area contributed by atoms with Crippen LogP contribution >= 0.6 is 0 Å². The zero-order valence-corrected chi connectivity index (χ0v) is 17.4. The number of aryl methyl sites for hydroxylation is 1. The number of tetrazole rings is 1. The summed E-state index contributed by atoms with van der Waals surface area (Å²) in [5, 5.41) is 19.4. The quantitative estimate of drug-likeness (QED) is 0.401. The predicted octanol–water partition coefficient (Wildman–Crippen LogP) is 1.98. The van der Waals surface area contributed by atoms with E-state index in [0.717, 1.165) is 16.9 Å². The molecule has 0 aliphatic rings. The van der Waals surface area contributed by atoms with Crippen LogP contribution in [0.1, 0.15) is 51.0 Å². The molecule has 4 aromatic rings. The van der Waals surface area contributed by atoms with Gasteiger partial charge in [0, 0.05) is 11.6 Å². The number of hydrogen-bond acceptors (Lipinski definition) is 8. The van der Waals surface area contributed by atoms with Crippen LogP contribution < -0.4 is 10.6 Å². The molecular weight excluding hydrogens is 412 g/mol. The third-order valence-electron chi connectivity index (χ3n) is 4.71. The summed E-state index contributed by atoms with van der Waals surface area (Å²) in [6.45, 7) is 3.89. The molecule has 2 amide bonds. The van der Waals surface area contributed by atoms with Crippen LogP contribution in [0.5, 0.6) is 0 Å². The van der Waals surface area contributed by atoms with Gasteiger partial charge in [0.15, 0.2) is 0 Å². The number of aromatic amines is 1. The van der Waals surface area contributed by atoms with Gasteiger partial charge in [-0.3, -0.25) is 9.59 Å². The molecule has 0 bridgehead atoms. The third-order valence-corrected chi connectivity index (χ3v) is 4.71. The number of H-pyrrole nitrogens is 1. The average Bonchev–Trinajstić information content (AvgIpc) is 3.49. The van der Waals surface area contributed by atoms with Crippen molar-refractivity contribution in [1.29, 1.82) is 0 Å². The highest BCUT2D eigenvalue weighted by molar-refractivity contribution is 5.97. The molecule has 0 radical (unpaired) electrons. The number of furan rings is 1. The molecule has 0 unspecified atom stereocenters. The summed E-state index contributed by atoms with van der Waals surface area (Å²) in [6, 6.07) is 12.1. The predicted molar refractivity (Wildman–Crippen MR) is 112 cm³/mol. The average molecular weight is 432 g/mol. The van der Waals surface area contributed by atoms with E-state index in [9.17, 15) is 9.59 Å². The van der Waals surface area contributed by atoms with Crippen molar-refractivity contribution in [1.82, 2.24) is 41.2 Å². The monoisotopic (exact) mass is 432 g/mol. The Bertz CT molecular complexity index is 1220. The van der Waals surface area contributed by atoms with Gasteiger partial charge >= 0.3 is 0 Å². The Morgan fingerprint density at radius 3 is 2.47 bits per heavy atom. The number of benzene rings is 1. The van der Waals surface area contributed by atoms with Crippen molar-refractivity contribution >= 4 is 11.8 Å². The van der Waals surface area contributed by atoms with Crippen molar-refractivity contribution in [3.05, 3.63) is 77.3 Å². The molecule has 1 aromatic carbocycles. The van der Waals surface area contributed by atoms with Gasteiger partial charge in [0.25, 0.3) is 11.8 Å². The summed E-state index contributed by atoms with van der Waals surface area (Å²) in [5.41, 5.74) is 1.86. The lowest BCUT2D eigenvalue weighted by molar-refractivity contribution is 0.0934. The molecule has 0 fully saturated rings. The van der Waals surface area contributed by atoms with E-state index in [1.165, 1.54) is 12.4 Å². The summed E-state index contributed by atoms with van der Waals surface area (Å²) < 4.78 is 5.42. The number of carbonyl (C=O) groups is 2. The van der Waals surface area contributed by atoms with Crippen LogP contribution in [-0.2, 0) is 6.54 Å². The topological polar surface area (TPSA) is 152 Å². The van der Waals surface area contributed by atoms with E-state index in [4.69, 9.17) is 4.42 Å². The highest BCUT2D eigenvalue weighted by Gasteiger charge is 2.16. The van der Waals surface area contributed by atoms with Crippen molar-refractivity contribution in [3.8, 4) is 11.4 Å². The van der Waals surface area contributed by atoms with Crippen LogP contribution in [0.3, 0.4) is 0 Å². The minimum absolute atomic E-state index is 0.0885. The van der Waals surface area contributed by atoms with E-state index in [1.807, 2.05) is 44.2 Å². The first-order chi connectivity index (χ1) is 15.5. The maximum atomic E-state index is 12.7. The molecule has 11 nitrogen and oxygen atoms in total. The number of carbonyl (C=O) groups excluding carboxylic acids is 2. The molecule has 3 heterocycles. The molecular formula is C21H20N8O3. The standard InChI is InChI=1S/C21H20N8O3/c1-12-3-8-16(32-12)10-22-20(30)17-9-18(24-11-23-17)21(31)25-13(2)14-4-6-15(7-5-14)19-26-28-29-27-19/h3-9,11,13H,10H2,1-2H3,(H,22,30)(H,25,31)(H,26,27,28,29)/t13-/m0/s1. The SMILES string of the molecule is Cc1ccc(CNC(=O)c2cc(C(=O)N[C@@H](C)c3ccc(-c4nn[nH]n4)cc3)ncn2)o1. The van der Waals surface area contributed by atoms with Crippen LogP contribution in [0.25, 0.3) is 11.4 Å². The van der Waals surface area contributed by atoms with E-state index in [1.54, 1.807) is 6.07 Å². The van der Waals surface area contributed by atoms with E-state index in [2.05, 4.69) is 41.2 Å². The molecule has 3 aromatic heterocycles. The lowest BCUT2D eigenvalue weighted by Gasteiger charge is -2.14. The van der Waals surface area contributed by atoms with Crippen LogP contribution in [0.15, 0.2) is 53.2 Å². The van der Waals surface area contributed by atoms with Gasteiger partial charge < -0.3 is 15.1 Å². The van der Waals surface area contributed by atoms with E-state index in [0.29, 0.717) is 11.6 Å². The maximum Gasteiger partial charge on any atom is 0.270 e. The van der Waals surface area contributed by atoms with Crippen molar-refractivity contribution in [3.63, 3.8) is 0 Å². The highest BCUT2D eigenvalue weighted by Crippen LogP contribution is 2.18. The maximum absolute atomic E-state index is 12.7. The second-order valence-corrected chi connectivity index (χ2v) is 7.04. The van der Waals surface area contributed by atoms with Crippen LogP contribution in [0.4, 0.5) is 0 Å². The Morgan fingerprint density at radius 1 is 1.06 bits per heavy atom. The van der Waals surface area contributed by atoms with Crippen molar-refractivity contribution in [2.24, 2.45) is 0 Å². The Morgan fingerprint density at radius 2 is 1.81 bits per heavy atom. The largest absolute Gasteiger partial charge is 0.465 e. The number of amides is 2. The lowest BCUT2D eigenvalue weighted by atomic mass is 10.1. The molecule has 0 saturated heterocycles. The molecule has 11 heteroatoms. The van der Waals surface area contributed by atoms with Gasteiger partial charge in [-0.15, -0.1) is 10.2 Å². The van der Waals surface area contributed by atoms with Crippen LogP contribution in [0.2, 0.25) is 0 Å². The van der Waals surface area contributed by atoms with Gasteiger partial charge in [0.05, 0.1) is 12.6 Å². The second-order valence-electron chi connectivity index (χ2n) is 7.04. The Hall–Kier alpha value is -4.41. The highest BCUT2D eigenvalue weighted by atomic mass is 16.3. The second kappa shape index (κ2) is 9.16. The molecule has 0 spiro atoms. The number of nitrogens with one attached hydrogen (secondary N) is 3. The first kappa shape index (κ1) is 20.8. The first-order valence-electron chi connectivity index (χ1n) is 9.80. The smallest absolute Gasteiger partial charge is 0.270 e. The fraction of sp³-hybridized carbons (Fsp3) is 0.190. The number of rotatable bonds is 7. The van der Waals surface area contributed by atoms with Crippen molar-refractivity contribution in [2.45, 2.75) is 26.4 Å². The summed E-state index contributed by atoms with van der Waals surface area (Å²) in [4.78, 5) is 33.0. The zero-order chi connectivity index (χ0) is 22.5. The number of hydrogen-bond donors (Lipinski definition) is 3. The van der Waals surface area contributed by atoms with Crippen molar-refractivity contribution in [2.75, 3.05) is 0 Å². The van der Waals surface area contributed by atoms with Crippen LogP contribution in [-0.4, -0.2) is 42.4 Å². The lowest BCUT2D eigenvalue weighted by Crippen LogP contribution is -2.29. The fourth-order valence-electron chi connectivity index (χ4n) is 3.00. The summed E-state index contributed by atoms with van der Waals surface area (Å²) >= 11 is 0. The number of aromatic nitrogens is 6. The zero-order valence-electron chi connectivity index (χ0n) is 17.4. The molecule has 162 valence electrons. The third kappa shape index (κ3) is 4.83. The van der Waals surface area contributed by atoms with E-state index >= 15 is 0 Å². The molecule has 0 aliphatic carbocycles. The minimum Gasteiger partial charge on any atom is -0.465 e. The van der Waals surface area contributed by atoms with Gasteiger partial charge in [-0.25, -0.2) is 9.97 Å². The van der Waals surface area contributed by atoms with Gasteiger partial charge in [0.2, 0.25) is 5.82 Å². The van der Waals surface area contributed by atoms with Crippen molar-refractivity contribution < 1.29 is 14.0 Å². The molecule has 4 rings (SSSR count). The summed E-state index contributed by atoms with van der Waals surface area (Å²) in [5.74, 6) is 1.02. The van der Waals surface area contributed by atoms with Gasteiger partial charge in [-0.05, 0) is 36.8 Å². The van der Waals surface area contributed by atoms with Gasteiger partial charge in [-0.1, -0.05) is 24.3 Å². The number of nitrogens with zero attached hydrogens (tertiary/aromatic N) is 5. The molecule has 0 aliphatic heterocycles. The Balaban J connectivity index is 1.38. The van der Waals surface area contributed by atoms with E-state index < -0.39 is 11.8 Å². The summed E-state index contributed by atoms with van der Waals surface area (Å²) in [7, 11) is 0. The first-order valence-corrected chi connectivity index (χ1v) is 9.80.